The highest BCUT2D eigenvalue weighted by Gasteiger charge is 2.02. The molecule has 0 saturated heterocycles. The third-order valence-corrected chi connectivity index (χ3v) is 1.80. The first-order valence-corrected chi connectivity index (χ1v) is 4.37. The Morgan fingerprint density at radius 3 is 3.00 bits per heavy atom. The van der Waals surface area contributed by atoms with Crippen LogP contribution in [0.1, 0.15) is 5.69 Å². The van der Waals surface area contributed by atoms with E-state index in [1.807, 2.05) is 0 Å². The molecule has 0 aromatic carbocycles. The Morgan fingerprint density at radius 2 is 2.33 bits per heavy atom. The molecule has 0 atom stereocenters. The van der Waals surface area contributed by atoms with Gasteiger partial charge in [0, 0.05) is 18.6 Å². The number of amides is 1. The number of carbonyl (C=O) groups excluding carboxylic acids is 1. The predicted octanol–water partition coefficient (Wildman–Crippen LogP) is 0.431. The number of nitrogens with zero attached hydrogens (tertiary/aromatic N) is 4. The van der Waals surface area contributed by atoms with Crippen LogP contribution in [0.5, 0.6) is 0 Å². The zero-order chi connectivity index (χ0) is 10.5. The second-order valence-electron chi connectivity index (χ2n) is 2.83. The van der Waals surface area contributed by atoms with Gasteiger partial charge in [0.15, 0.2) is 0 Å². The van der Waals surface area contributed by atoms with Gasteiger partial charge in [-0.15, -0.1) is 0 Å². The third kappa shape index (κ3) is 2.37. The normalized spacial score (nSPS) is 9.87. The zero-order valence-electron chi connectivity index (χ0n) is 7.87. The van der Waals surface area contributed by atoms with E-state index in [1.165, 1.54) is 17.2 Å². The van der Waals surface area contributed by atoms with Crippen molar-refractivity contribution in [3.63, 3.8) is 0 Å². The molecule has 0 aliphatic heterocycles. The van der Waals surface area contributed by atoms with Gasteiger partial charge < -0.3 is 5.32 Å². The SMILES string of the molecule is O=C(NCc1ccncn1)n1ccnc1. The number of imidazole rings is 1. The molecule has 0 aliphatic rings. The maximum absolute atomic E-state index is 11.4. The molecule has 0 radical (unpaired) electrons. The largest absolute Gasteiger partial charge is 0.332 e. The quantitative estimate of drug-likeness (QED) is 0.768. The lowest BCUT2D eigenvalue weighted by atomic mass is 10.4. The van der Waals surface area contributed by atoms with Crippen molar-refractivity contribution in [1.29, 1.82) is 0 Å². The minimum atomic E-state index is -0.230. The second-order valence-corrected chi connectivity index (χ2v) is 2.83. The number of carbonyl (C=O) groups is 1. The summed E-state index contributed by atoms with van der Waals surface area (Å²) in [5, 5.41) is 2.70. The van der Waals surface area contributed by atoms with E-state index < -0.39 is 0 Å². The van der Waals surface area contributed by atoms with E-state index >= 15 is 0 Å². The van der Waals surface area contributed by atoms with Crippen molar-refractivity contribution in [2.24, 2.45) is 0 Å². The molecule has 0 spiro atoms. The Kier molecular flexibility index (Phi) is 2.68. The summed E-state index contributed by atoms with van der Waals surface area (Å²) in [4.78, 5) is 23.0. The van der Waals surface area contributed by atoms with Gasteiger partial charge in [-0.1, -0.05) is 0 Å². The highest BCUT2D eigenvalue weighted by atomic mass is 16.2. The predicted molar refractivity (Wildman–Crippen MR) is 51.9 cm³/mol. The van der Waals surface area contributed by atoms with Crippen molar-refractivity contribution in [1.82, 2.24) is 24.8 Å². The van der Waals surface area contributed by atoms with Gasteiger partial charge in [-0.3, -0.25) is 4.57 Å². The van der Waals surface area contributed by atoms with Crippen molar-refractivity contribution in [3.05, 3.63) is 43.0 Å². The molecule has 2 rings (SSSR count). The fourth-order valence-corrected chi connectivity index (χ4v) is 1.06. The fourth-order valence-electron chi connectivity index (χ4n) is 1.06. The molecular formula is C9H9N5O. The molecule has 6 nitrogen and oxygen atoms in total. The van der Waals surface area contributed by atoms with Crippen LogP contribution >= 0.6 is 0 Å². The van der Waals surface area contributed by atoms with Gasteiger partial charge >= 0.3 is 6.03 Å². The lowest BCUT2D eigenvalue weighted by Crippen LogP contribution is -2.27. The van der Waals surface area contributed by atoms with E-state index in [1.54, 1.807) is 24.7 Å². The van der Waals surface area contributed by atoms with Crippen molar-refractivity contribution in [2.45, 2.75) is 6.54 Å². The summed E-state index contributed by atoms with van der Waals surface area (Å²) in [6.07, 6.45) is 7.64. The van der Waals surface area contributed by atoms with E-state index in [4.69, 9.17) is 0 Å². The van der Waals surface area contributed by atoms with Crippen LogP contribution in [0.3, 0.4) is 0 Å². The summed E-state index contributed by atoms with van der Waals surface area (Å²) in [5.74, 6) is 0. The Balaban J connectivity index is 1.92. The van der Waals surface area contributed by atoms with Crippen molar-refractivity contribution < 1.29 is 4.79 Å². The van der Waals surface area contributed by atoms with Gasteiger partial charge in [0.25, 0.3) is 0 Å². The molecule has 0 bridgehead atoms. The Hall–Kier alpha value is -2.24. The summed E-state index contributed by atoms with van der Waals surface area (Å²) in [6.45, 7) is 0.375. The standard InChI is InChI=1S/C9H9N5O/c15-9(14-4-3-11-7-14)12-5-8-1-2-10-6-13-8/h1-4,6-7H,5H2,(H,12,15). The topological polar surface area (TPSA) is 72.7 Å². The highest BCUT2D eigenvalue weighted by Crippen LogP contribution is 1.91. The average molecular weight is 203 g/mol. The van der Waals surface area contributed by atoms with Crippen molar-refractivity contribution in [2.75, 3.05) is 0 Å². The lowest BCUT2D eigenvalue weighted by molar-refractivity contribution is 0.242. The molecule has 6 heteroatoms. The smallest absolute Gasteiger partial charge is 0.327 e. The number of hydrogen-bond acceptors (Lipinski definition) is 4. The molecule has 0 saturated carbocycles. The van der Waals surface area contributed by atoms with Crippen LogP contribution < -0.4 is 5.32 Å². The van der Waals surface area contributed by atoms with Crippen molar-refractivity contribution in [3.8, 4) is 0 Å². The first-order chi connectivity index (χ1) is 7.36. The monoisotopic (exact) mass is 203 g/mol. The molecule has 2 aromatic heterocycles. The molecule has 1 amide bonds. The molecule has 15 heavy (non-hydrogen) atoms. The Labute approximate surface area is 86.0 Å². The molecule has 2 aromatic rings. The van der Waals surface area contributed by atoms with Crippen molar-refractivity contribution >= 4 is 6.03 Å². The highest BCUT2D eigenvalue weighted by molar-refractivity contribution is 5.76. The number of nitrogens with one attached hydrogen (secondary N) is 1. The second kappa shape index (κ2) is 4.32. The molecule has 0 fully saturated rings. The maximum Gasteiger partial charge on any atom is 0.327 e. The van der Waals surface area contributed by atoms with E-state index in [0.717, 1.165) is 5.69 Å². The molecule has 2 heterocycles. The lowest BCUT2D eigenvalue weighted by Gasteiger charge is -2.03. The number of rotatable bonds is 2. The van der Waals surface area contributed by atoms with Crippen LogP contribution in [-0.4, -0.2) is 25.6 Å². The molecular weight excluding hydrogens is 194 g/mol. The van der Waals surface area contributed by atoms with Gasteiger partial charge in [0.1, 0.15) is 12.7 Å². The van der Waals surface area contributed by atoms with Gasteiger partial charge in [0.05, 0.1) is 12.2 Å². The molecule has 0 unspecified atom stereocenters. The minimum Gasteiger partial charge on any atom is -0.332 e. The first kappa shape index (κ1) is 9.32. The summed E-state index contributed by atoms with van der Waals surface area (Å²) in [5.41, 5.74) is 0.762. The minimum absolute atomic E-state index is 0.230. The van der Waals surface area contributed by atoms with E-state index in [0.29, 0.717) is 6.54 Å². The third-order valence-electron chi connectivity index (χ3n) is 1.80. The van der Waals surface area contributed by atoms with Gasteiger partial charge in [-0.2, -0.15) is 0 Å². The van der Waals surface area contributed by atoms with Gasteiger partial charge in [-0.05, 0) is 6.07 Å². The van der Waals surface area contributed by atoms with E-state index in [2.05, 4.69) is 20.3 Å². The molecule has 76 valence electrons. The molecule has 0 aliphatic carbocycles. The average Bonchev–Trinajstić information content (AvgIpc) is 2.81. The molecule has 1 N–H and O–H groups in total. The van der Waals surface area contributed by atoms with Gasteiger partial charge in [-0.25, -0.2) is 19.7 Å². The zero-order valence-corrected chi connectivity index (χ0v) is 7.87. The summed E-state index contributed by atoms with van der Waals surface area (Å²) in [7, 11) is 0. The van der Waals surface area contributed by atoms with Crippen LogP contribution in [0.4, 0.5) is 4.79 Å². The fraction of sp³-hybridized carbons (Fsp3) is 0.111. The summed E-state index contributed by atoms with van der Waals surface area (Å²) >= 11 is 0. The Morgan fingerprint density at radius 1 is 1.40 bits per heavy atom. The summed E-state index contributed by atoms with van der Waals surface area (Å²) < 4.78 is 1.36. The summed E-state index contributed by atoms with van der Waals surface area (Å²) in [6, 6.07) is 1.51. The van der Waals surface area contributed by atoms with Gasteiger partial charge in [0.2, 0.25) is 0 Å². The van der Waals surface area contributed by atoms with E-state index in [9.17, 15) is 4.79 Å². The van der Waals surface area contributed by atoms with Crippen LogP contribution in [0.2, 0.25) is 0 Å². The Bertz CT molecular complexity index is 425. The van der Waals surface area contributed by atoms with Crippen LogP contribution in [0.25, 0.3) is 0 Å². The van der Waals surface area contributed by atoms with Crippen LogP contribution in [-0.2, 0) is 6.54 Å². The first-order valence-electron chi connectivity index (χ1n) is 4.37. The van der Waals surface area contributed by atoms with E-state index in [-0.39, 0.29) is 6.03 Å². The number of aromatic nitrogens is 4. The van der Waals surface area contributed by atoms with Crippen LogP contribution in [0.15, 0.2) is 37.3 Å². The maximum atomic E-state index is 11.4. The van der Waals surface area contributed by atoms with Crippen LogP contribution in [0, 0.1) is 0 Å². The number of hydrogen-bond donors (Lipinski definition) is 1.